The Balaban J connectivity index is 2.11. The van der Waals surface area contributed by atoms with Gasteiger partial charge in [0.25, 0.3) is 0 Å². The van der Waals surface area contributed by atoms with Crippen LogP contribution in [0.4, 0.5) is 13.2 Å². The Morgan fingerprint density at radius 1 is 1.42 bits per heavy atom. The van der Waals surface area contributed by atoms with Crippen molar-refractivity contribution >= 4 is 5.91 Å². The minimum absolute atomic E-state index is 0.184. The molecular weight excluding hydrogens is 261 g/mol. The molecule has 4 nitrogen and oxygen atoms in total. The molecule has 0 aromatic heterocycles. The molecule has 0 spiro atoms. The van der Waals surface area contributed by atoms with E-state index in [1.54, 1.807) is 13.8 Å². The topological polar surface area (TPSA) is 61.4 Å². The number of alkyl halides is 3. The van der Waals surface area contributed by atoms with Gasteiger partial charge in [0, 0.05) is 18.0 Å². The number of amides is 1. The third-order valence-corrected chi connectivity index (χ3v) is 4.65. The first-order valence-corrected chi connectivity index (χ1v) is 6.38. The van der Waals surface area contributed by atoms with Crippen LogP contribution in [0.2, 0.25) is 0 Å². The van der Waals surface area contributed by atoms with Crippen molar-refractivity contribution in [2.24, 2.45) is 10.8 Å². The number of aliphatic hydroxyl groups is 1. The first-order valence-electron chi connectivity index (χ1n) is 6.38. The van der Waals surface area contributed by atoms with E-state index in [2.05, 4.69) is 10.6 Å². The third kappa shape index (κ3) is 2.12. The number of carbonyl (C=O) groups excluding carboxylic acids is 1. The number of nitrogens with one attached hydrogen (secondary N) is 2. The van der Waals surface area contributed by atoms with E-state index in [4.69, 9.17) is 0 Å². The van der Waals surface area contributed by atoms with E-state index in [0.717, 1.165) is 0 Å². The third-order valence-electron chi connectivity index (χ3n) is 4.65. The zero-order valence-corrected chi connectivity index (χ0v) is 11.0. The summed E-state index contributed by atoms with van der Waals surface area (Å²) in [6.07, 6.45) is -5.08. The second-order valence-electron chi connectivity index (χ2n) is 6.11. The lowest BCUT2D eigenvalue weighted by atomic mass is 9.64. The molecule has 3 atom stereocenters. The van der Waals surface area contributed by atoms with Crippen molar-refractivity contribution in [3.05, 3.63) is 0 Å². The van der Waals surface area contributed by atoms with Crippen LogP contribution in [0.5, 0.6) is 0 Å². The summed E-state index contributed by atoms with van der Waals surface area (Å²) in [5.74, 6) is -0.977. The zero-order valence-electron chi connectivity index (χ0n) is 11.0. The Hall–Kier alpha value is -0.820. The predicted octanol–water partition coefficient (Wildman–Crippen LogP) is 0.804. The lowest BCUT2D eigenvalue weighted by Crippen LogP contribution is -2.64. The zero-order chi connectivity index (χ0) is 14.5. The Bertz CT molecular complexity index is 376. The van der Waals surface area contributed by atoms with Gasteiger partial charge in [-0.05, 0) is 19.4 Å². The second-order valence-corrected chi connectivity index (χ2v) is 6.11. The van der Waals surface area contributed by atoms with Gasteiger partial charge in [0.2, 0.25) is 5.91 Å². The molecule has 19 heavy (non-hydrogen) atoms. The average molecular weight is 280 g/mol. The summed E-state index contributed by atoms with van der Waals surface area (Å²) in [6.45, 7) is 3.28. The molecule has 1 saturated carbocycles. The van der Waals surface area contributed by atoms with Gasteiger partial charge in [-0.15, -0.1) is 0 Å². The minimum Gasteiger partial charge on any atom is -0.392 e. The molecule has 2 fully saturated rings. The van der Waals surface area contributed by atoms with Crippen molar-refractivity contribution in [3.63, 3.8) is 0 Å². The molecule has 3 N–H and O–H groups in total. The maximum Gasteiger partial charge on any atom is 0.404 e. The smallest absolute Gasteiger partial charge is 0.392 e. The number of hydrogen-bond donors (Lipinski definition) is 3. The summed E-state index contributed by atoms with van der Waals surface area (Å²) < 4.78 is 39.5. The van der Waals surface area contributed by atoms with E-state index >= 15 is 0 Å². The Labute approximate surface area is 109 Å². The molecule has 7 heteroatoms. The molecule has 1 aliphatic heterocycles. The fraction of sp³-hybridized carbons (Fsp3) is 0.917. The van der Waals surface area contributed by atoms with E-state index in [-0.39, 0.29) is 19.5 Å². The van der Waals surface area contributed by atoms with Crippen LogP contribution in [-0.4, -0.2) is 42.4 Å². The number of rotatable bonds is 2. The molecule has 0 aromatic carbocycles. The van der Waals surface area contributed by atoms with E-state index < -0.39 is 35.1 Å². The fourth-order valence-corrected chi connectivity index (χ4v) is 2.70. The van der Waals surface area contributed by atoms with Gasteiger partial charge in [-0.1, -0.05) is 13.8 Å². The van der Waals surface area contributed by atoms with Gasteiger partial charge in [0.05, 0.1) is 6.10 Å². The fourth-order valence-electron chi connectivity index (χ4n) is 2.70. The maximum absolute atomic E-state index is 13.2. The summed E-state index contributed by atoms with van der Waals surface area (Å²) in [5, 5.41) is 14.6. The van der Waals surface area contributed by atoms with Crippen molar-refractivity contribution in [1.82, 2.24) is 10.6 Å². The number of carbonyl (C=O) groups is 1. The lowest BCUT2D eigenvalue weighted by Gasteiger charge is -2.50. The van der Waals surface area contributed by atoms with Crippen LogP contribution in [0.3, 0.4) is 0 Å². The highest BCUT2D eigenvalue weighted by molar-refractivity contribution is 5.84. The van der Waals surface area contributed by atoms with E-state index in [0.29, 0.717) is 6.42 Å². The normalized spacial score (nSPS) is 37.8. The molecular formula is C12H19F3N2O2. The molecule has 0 aromatic rings. The van der Waals surface area contributed by atoms with Gasteiger partial charge in [-0.3, -0.25) is 4.79 Å². The molecule has 1 saturated heterocycles. The molecule has 2 rings (SSSR count). The van der Waals surface area contributed by atoms with Crippen molar-refractivity contribution in [2.45, 2.75) is 45.0 Å². The lowest BCUT2D eigenvalue weighted by molar-refractivity contribution is -0.218. The minimum atomic E-state index is -4.56. The highest BCUT2D eigenvalue weighted by atomic mass is 19.4. The van der Waals surface area contributed by atoms with Gasteiger partial charge in [-0.25, -0.2) is 0 Å². The van der Waals surface area contributed by atoms with Crippen LogP contribution in [0.1, 0.15) is 26.7 Å². The van der Waals surface area contributed by atoms with Crippen LogP contribution in [0.25, 0.3) is 0 Å². The first-order chi connectivity index (χ1) is 8.61. The van der Waals surface area contributed by atoms with E-state index in [9.17, 15) is 23.1 Å². The van der Waals surface area contributed by atoms with Crippen LogP contribution in [0.15, 0.2) is 0 Å². The van der Waals surface area contributed by atoms with Gasteiger partial charge in [0.1, 0.15) is 0 Å². The van der Waals surface area contributed by atoms with Gasteiger partial charge >= 0.3 is 6.18 Å². The summed E-state index contributed by atoms with van der Waals surface area (Å²) in [7, 11) is 0. The van der Waals surface area contributed by atoms with Crippen LogP contribution >= 0.6 is 0 Å². The molecule has 1 amide bonds. The van der Waals surface area contributed by atoms with Crippen LogP contribution in [-0.2, 0) is 4.79 Å². The predicted molar refractivity (Wildman–Crippen MR) is 62.3 cm³/mol. The monoisotopic (exact) mass is 280 g/mol. The highest BCUT2D eigenvalue weighted by Gasteiger charge is 2.62. The summed E-state index contributed by atoms with van der Waals surface area (Å²) in [6, 6.07) is -0.408. The van der Waals surface area contributed by atoms with Crippen molar-refractivity contribution in [2.75, 3.05) is 13.1 Å². The number of hydrogen-bond acceptors (Lipinski definition) is 3. The largest absolute Gasteiger partial charge is 0.404 e. The summed E-state index contributed by atoms with van der Waals surface area (Å²) in [4.78, 5) is 12.1. The number of aliphatic hydroxyl groups excluding tert-OH is 1. The standard InChI is InChI=1S/C12H19F3N2O2/c1-10(2)7(5-8(10)18)17-9(19)11(12(13,14)15)3-4-16-6-11/h7-8,16,18H,3-6H2,1-2H3,(H,17,19). The maximum atomic E-state index is 13.2. The summed E-state index contributed by atoms with van der Waals surface area (Å²) >= 11 is 0. The molecule has 3 unspecified atom stereocenters. The van der Waals surface area contributed by atoms with Gasteiger partial charge < -0.3 is 15.7 Å². The summed E-state index contributed by atoms with van der Waals surface area (Å²) in [5.41, 5.74) is -2.90. The molecule has 110 valence electrons. The van der Waals surface area contributed by atoms with E-state index in [1.807, 2.05) is 0 Å². The van der Waals surface area contributed by atoms with Crippen molar-refractivity contribution in [3.8, 4) is 0 Å². The SMILES string of the molecule is CC1(C)C(O)CC1NC(=O)C1(C(F)(F)F)CCNC1. The Morgan fingerprint density at radius 3 is 2.42 bits per heavy atom. The Kier molecular flexibility index (Phi) is 3.33. The molecule has 1 aliphatic carbocycles. The molecule has 1 heterocycles. The molecule has 0 radical (unpaired) electrons. The van der Waals surface area contributed by atoms with Gasteiger partial charge in [-0.2, -0.15) is 13.2 Å². The van der Waals surface area contributed by atoms with Crippen molar-refractivity contribution in [1.29, 1.82) is 0 Å². The Morgan fingerprint density at radius 2 is 2.05 bits per heavy atom. The van der Waals surface area contributed by atoms with Crippen LogP contribution in [0, 0.1) is 10.8 Å². The van der Waals surface area contributed by atoms with E-state index in [1.165, 1.54) is 0 Å². The second kappa shape index (κ2) is 4.34. The van der Waals surface area contributed by atoms with Crippen molar-refractivity contribution < 1.29 is 23.1 Å². The number of halogens is 3. The van der Waals surface area contributed by atoms with Crippen LogP contribution < -0.4 is 10.6 Å². The van der Waals surface area contributed by atoms with Gasteiger partial charge in [0.15, 0.2) is 5.41 Å². The molecule has 0 bridgehead atoms. The highest BCUT2D eigenvalue weighted by Crippen LogP contribution is 2.45. The average Bonchev–Trinajstić information content (AvgIpc) is 2.78. The first kappa shape index (κ1) is 14.6. The molecule has 2 aliphatic rings. The quantitative estimate of drug-likeness (QED) is 0.701.